The highest BCUT2D eigenvalue weighted by molar-refractivity contribution is 7.56. The molecule has 184 valence electrons. The van der Waals surface area contributed by atoms with Crippen molar-refractivity contribution in [2.75, 3.05) is 13.2 Å². The number of hydrogen-bond acceptors (Lipinski definition) is 7. The van der Waals surface area contributed by atoms with Crippen molar-refractivity contribution in [2.24, 2.45) is 0 Å². The number of fused-ring (bicyclic) bond motifs is 1. The van der Waals surface area contributed by atoms with Gasteiger partial charge in [0.05, 0.1) is 12.8 Å². The number of para-hydroxylation sites is 1. The van der Waals surface area contributed by atoms with Crippen LogP contribution in [0.5, 0.6) is 5.75 Å². The Bertz CT molecular complexity index is 1270. The topological polar surface area (TPSA) is 90.9 Å². The number of rotatable bonds is 12. The van der Waals surface area contributed by atoms with Crippen molar-refractivity contribution in [3.63, 3.8) is 0 Å². The zero-order chi connectivity index (χ0) is 24.9. The van der Waals surface area contributed by atoms with Crippen LogP contribution in [0.3, 0.4) is 0 Å². The molecule has 1 aliphatic carbocycles. The van der Waals surface area contributed by atoms with Crippen LogP contribution in [-0.2, 0) is 25.0 Å². The van der Waals surface area contributed by atoms with E-state index in [1.807, 2.05) is 31.2 Å². The third-order valence-electron chi connectivity index (χ3n) is 5.46. The minimum Gasteiger partial charge on any atom is -0.464 e. The maximum absolute atomic E-state index is 14.1. The number of esters is 2. The zero-order valence-corrected chi connectivity index (χ0v) is 21.2. The van der Waals surface area contributed by atoms with Crippen LogP contribution >= 0.6 is 18.9 Å². The van der Waals surface area contributed by atoms with E-state index < -0.39 is 25.0 Å². The van der Waals surface area contributed by atoms with Gasteiger partial charge in [0.2, 0.25) is 0 Å². The van der Waals surface area contributed by atoms with Crippen LogP contribution in [-0.4, -0.2) is 30.7 Å². The molecule has 1 aromatic heterocycles. The third kappa shape index (κ3) is 6.20. The Morgan fingerprint density at radius 3 is 2.60 bits per heavy atom. The van der Waals surface area contributed by atoms with E-state index in [0.717, 1.165) is 15.6 Å². The quantitative estimate of drug-likeness (QED) is 0.178. The van der Waals surface area contributed by atoms with Crippen molar-refractivity contribution in [3.8, 4) is 5.75 Å². The predicted octanol–water partition coefficient (Wildman–Crippen LogP) is 6.09. The summed E-state index contributed by atoms with van der Waals surface area (Å²) in [5.41, 5.74) is -0.237. The highest BCUT2D eigenvalue weighted by Gasteiger charge is 2.55. The average Bonchev–Trinajstić information content (AvgIpc) is 3.49. The van der Waals surface area contributed by atoms with Gasteiger partial charge in [-0.05, 0) is 60.5 Å². The van der Waals surface area contributed by atoms with Crippen molar-refractivity contribution in [1.29, 1.82) is 0 Å². The number of thiophene rings is 1. The smallest absolute Gasteiger partial charge is 0.348 e. The van der Waals surface area contributed by atoms with Gasteiger partial charge in [-0.3, -0.25) is 9.36 Å². The van der Waals surface area contributed by atoms with Crippen molar-refractivity contribution < 1.29 is 28.2 Å². The van der Waals surface area contributed by atoms with E-state index in [2.05, 4.69) is 11.7 Å². The Labute approximate surface area is 208 Å². The van der Waals surface area contributed by atoms with Crippen LogP contribution in [0, 0.1) is 0 Å². The van der Waals surface area contributed by atoms with Crippen LogP contribution in [0.2, 0.25) is 0 Å². The van der Waals surface area contributed by atoms with Crippen LogP contribution in [0.15, 0.2) is 67.3 Å². The summed E-state index contributed by atoms with van der Waals surface area (Å²) in [5, 5.41) is 3.90. The molecule has 1 saturated carbocycles. The van der Waals surface area contributed by atoms with Crippen molar-refractivity contribution in [1.82, 2.24) is 5.09 Å². The highest BCUT2D eigenvalue weighted by atomic mass is 32.1. The summed E-state index contributed by atoms with van der Waals surface area (Å²) in [6.07, 6.45) is 3.37. The summed E-state index contributed by atoms with van der Waals surface area (Å²) in [6, 6.07) is 16.3. The molecular weight excluding hydrogens is 485 g/mol. The molecule has 1 unspecified atom stereocenters. The maximum atomic E-state index is 14.1. The van der Waals surface area contributed by atoms with Gasteiger partial charge in [-0.15, -0.1) is 11.3 Å². The van der Waals surface area contributed by atoms with E-state index in [9.17, 15) is 14.2 Å². The number of hydrogen-bond donors (Lipinski definition) is 1. The first-order valence-electron chi connectivity index (χ1n) is 11.5. The first-order valence-corrected chi connectivity index (χ1v) is 14.1. The zero-order valence-electron chi connectivity index (χ0n) is 19.5. The molecule has 0 radical (unpaired) electrons. The fourth-order valence-corrected chi connectivity index (χ4v) is 6.86. The Kier molecular flexibility index (Phi) is 7.75. The molecule has 35 heavy (non-hydrogen) atoms. The maximum Gasteiger partial charge on any atom is 0.348 e. The minimum absolute atomic E-state index is 0.0622. The van der Waals surface area contributed by atoms with E-state index in [-0.39, 0.29) is 12.8 Å². The monoisotopic (exact) mass is 513 g/mol. The molecule has 4 rings (SSSR count). The molecule has 1 fully saturated rings. The Hall–Kier alpha value is -2.93. The van der Waals surface area contributed by atoms with Crippen molar-refractivity contribution >= 4 is 40.9 Å². The second kappa shape index (κ2) is 10.8. The van der Waals surface area contributed by atoms with Crippen LogP contribution < -0.4 is 9.61 Å². The van der Waals surface area contributed by atoms with Gasteiger partial charge in [-0.2, -0.15) is 0 Å². The standard InChI is InChI=1S/C26H28NO6PS/c1-3-14-31-24(28)23-17-20-16-19(10-11-22(20)35-23)18-34(30,33-21-8-6-5-7-9-21)27-26(12-13-26)25(29)32-15-4-2/h3,5-11,16-17H,1,4,12-15,18H2,2H3,(H,27,30). The normalized spacial score (nSPS) is 15.7. The van der Waals surface area contributed by atoms with Gasteiger partial charge in [-0.1, -0.05) is 43.8 Å². The van der Waals surface area contributed by atoms with Crippen LogP contribution in [0.1, 0.15) is 41.4 Å². The molecule has 9 heteroatoms. The number of carbonyl (C=O) groups is 2. The van der Waals surface area contributed by atoms with Crippen molar-refractivity contribution in [3.05, 3.63) is 77.7 Å². The molecule has 7 nitrogen and oxygen atoms in total. The van der Waals surface area contributed by atoms with Gasteiger partial charge >= 0.3 is 19.5 Å². The average molecular weight is 514 g/mol. The van der Waals surface area contributed by atoms with Crippen LogP contribution in [0.25, 0.3) is 10.1 Å². The van der Waals surface area contributed by atoms with E-state index >= 15 is 0 Å². The number of carbonyl (C=O) groups excluding carboxylic acids is 2. The Balaban J connectivity index is 1.59. The van der Waals surface area contributed by atoms with Gasteiger partial charge in [-0.25, -0.2) is 9.88 Å². The summed E-state index contributed by atoms with van der Waals surface area (Å²) in [6.45, 7) is 5.94. The molecule has 0 bridgehead atoms. The molecule has 1 atom stereocenters. The lowest BCUT2D eigenvalue weighted by molar-refractivity contribution is -0.147. The summed E-state index contributed by atoms with van der Waals surface area (Å²) in [7, 11) is -3.56. The van der Waals surface area contributed by atoms with E-state index in [4.69, 9.17) is 14.0 Å². The molecule has 1 N–H and O–H groups in total. The molecule has 0 amide bonds. The lowest BCUT2D eigenvalue weighted by Crippen LogP contribution is -2.40. The molecular formula is C26H28NO6PS. The fraction of sp³-hybridized carbons (Fsp3) is 0.308. The number of benzene rings is 2. The first kappa shape index (κ1) is 25.2. The summed E-state index contributed by atoms with van der Waals surface area (Å²) >= 11 is 1.33. The van der Waals surface area contributed by atoms with E-state index in [1.54, 1.807) is 30.3 Å². The fourth-order valence-electron chi connectivity index (χ4n) is 3.63. The second-order valence-electron chi connectivity index (χ2n) is 8.44. The number of nitrogens with one attached hydrogen (secondary N) is 1. The van der Waals surface area contributed by atoms with Crippen LogP contribution in [0.4, 0.5) is 0 Å². The first-order chi connectivity index (χ1) is 16.9. The highest BCUT2D eigenvalue weighted by Crippen LogP contribution is 2.53. The molecule has 0 aliphatic heterocycles. The Morgan fingerprint density at radius 2 is 1.91 bits per heavy atom. The Morgan fingerprint density at radius 1 is 1.14 bits per heavy atom. The lowest BCUT2D eigenvalue weighted by atomic mass is 10.2. The van der Waals surface area contributed by atoms with Gasteiger partial charge in [0.1, 0.15) is 22.8 Å². The summed E-state index contributed by atoms with van der Waals surface area (Å²) < 4.78 is 31.5. The largest absolute Gasteiger partial charge is 0.464 e. The minimum atomic E-state index is -3.56. The molecule has 1 aliphatic rings. The molecule has 2 aromatic carbocycles. The molecule has 0 saturated heterocycles. The van der Waals surface area contributed by atoms with Gasteiger partial charge in [0, 0.05) is 4.70 Å². The third-order valence-corrected chi connectivity index (χ3v) is 8.62. The molecule has 1 heterocycles. The van der Waals surface area contributed by atoms with Gasteiger partial charge in [0.15, 0.2) is 0 Å². The van der Waals surface area contributed by atoms with E-state index in [0.29, 0.717) is 36.5 Å². The summed E-state index contributed by atoms with van der Waals surface area (Å²) in [5.74, 6) is -0.356. The SMILES string of the molecule is C=CCOC(=O)c1cc2cc(CP(=O)(NC3(C(=O)OCCC)CC3)Oc3ccccc3)ccc2s1. The predicted molar refractivity (Wildman–Crippen MR) is 137 cm³/mol. The lowest BCUT2D eigenvalue weighted by Gasteiger charge is -2.25. The van der Waals surface area contributed by atoms with Crippen molar-refractivity contribution in [2.45, 2.75) is 37.9 Å². The second-order valence-corrected chi connectivity index (χ2v) is 11.6. The van der Waals surface area contributed by atoms with Gasteiger partial charge in [0.25, 0.3) is 0 Å². The van der Waals surface area contributed by atoms with E-state index in [1.165, 1.54) is 17.4 Å². The number of ether oxygens (including phenoxy) is 2. The molecule has 3 aromatic rings. The summed E-state index contributed by atoms with van der Waals surface area (Å²) in [4.78, 5) is 25.4. The molecule has 0 spiro atoms. The van der Waals surface area contributed by atoms with Gasteiger partial charge < -0.3 is 14.0 Å².